The van der Waals surface area contributed by atoms with E-state index in [1.807, 2.05) is 54.6 Å². The van der Waals surface area contributed by atoms with Gasteiger partial charge in [0.1, 0.15) is 10.9 Å². The van der Waals surface area contributed by atoms with Crippen LogP contribution in [-0.2, 0) is 10.9 Å². The van der Waals surface area contributed by atoms with Crippen LogP contribution in [0.5, 0.6) is 0 Å². The third kappa shape index (κ3) is 6.08. The lowest BCUT2D eigenvalue weighted by molar-refractivity contribution is 0.103. The predicted octanol–water partition coefficient (Wildman–Crippen LogP) is 8.57. The van der Waals surface area contributed by atoms with Crippen LogP contribution in [0, 0.1) is 0 Å². The molecule has 0 aliphatic heterocycles. The molecule has 0 amide bonds. The van der Waals surface area contributed by atoms with Crippen LogP contribution in [0.1, 0.15) is 15.9 Å². The van der Waals surface area contributed by atoms with E-state index in [0.717, 1.165) is 0 Å². The Bertz CT molecular complexity index is 1250. The molecule has 1 atom stereocenters. The number of carbonyl (C=O) groups excluding carboxylic acids is 1. The van der Waals surface area contributed by atoms with E-state index in [2.05, 4.69) is 95.9 Å². The van der Waals surface area contributed by atoms with Gasteiger partial charge in [-0.05, 0) is 66.7 Å². The zero-order chi connectivity index (χ0) is 23.0. The van der Waals surface area contributed by atoms with Crippen molar-refractivity contribution in [1.82, 2.24) is 0 Å². The number of hydrogen-bond acceptors (Lipinski definition) is 2. The van der Waals surface area contributed by atoms with Crippen LogP contribution < -0.4 is 0 Å². The second-order valence-corrected chi connectivity index (χ2v) is 12.2. The predicted molar refractivity (Wildman–Crippen MR) is 150 cm³/mol. The molecule has 0 aliphatic rings. The van der Waals surface area contributed by atoms with E-state index in [4.69, 9.17) is 0 Å². The quantitative estimate of drug-likeness (QED) is 0.0904. The number of carbonyl (C=O) groups is 1. The largest absolute Gasteiger partial charge is 0.289 e. The molecule has 1 nitrogen and oxygen atoms in total. The number of halogens is 1. The Labute approximate surface area is 216 Å². The molecule has 0 heterocycles. The molecule has 0 spiro atoms. The average molecular weight is 578 g/mol. The summed E-state index contributed by atoms with van der Waals surface area (Å²) in [6.07, 6.45) is 3.88. The van der Waals surface area contributed by atoms with Gasteiger partial charge >= 0.3 is 0 Å². The van der Waals surface area contributed by atoms with Crippen molar-refractivity contribution in [3.8, 4) is 0 Å². The number of benzene rings is 4. The number of hydrogen-bond donors (Lipinski definition) is 0. The molecule has 162 valence electrons. The van der Waals surface area contributed by atoms with E-state index < -0.39 is 0 Å². The fraction of sp³-hybridized carbons (Fsp3) is 0. The first-order valence-electron chi connectivity index (χ1n) is 10.4. The van der Waals surface area contributed by atoms with Crippen LogP contribution in [0.15, 0.2) is 150 Å². The number of rotatable bonds is 8. The molecular weight excluding hydrogens is 555 g/mol. The van der Waals surface area contributed by atoms with Crippen molar-refractivity contribution in [2.75, 3.05) is 0 Å². The molecule has 4 aromatic carbocycles. The van der Waals surface area contributed by atoms with E-state index in [1.165, 1.54) is 22.5 Å². The molecule has 0 bridgehead atoms. The molecule has 1 unspecified atom stereocenters. The Morgan fingerprint density at radius 1 is 0.697 bits per heavy atom. The molecule has 0 saturated carbocycles. The van der Waals surface area contributed by atoms with Crippen LogP contribution in [0.4, 0.5) is 0 Å². The van der Waals surface area contributed by atoms with E-state index in [-0.39, 0.29) is 16.7 Å². The topological polar surface area (TPSA) is 17.1 Å². The molecule has 0 saturated heterocycles. The summed E-state index contributed by atoms with van der Waals surface area (Å²) < 4.78 is 1.20. The highest BCUT2D eigenvalue weighted by Gasteiger charge is 2.29. The zero-order valence-electron chi connectivity index (χ0n) is 17.9. The van der Waals surface area contributed by atoms with Crippen molar-refractivity contribution in [3.63, 3.8) is 0 Å². The first-order chi connectivity index (χ1) is 16.2. The highest BCUT2D eigenvalue weighted by molar-refractivity contribution is 14.1. The minimum Gasteiger partial charge on any atom is -0.289 e. The van der Waals surface area contributed by atoms with Gasteiger partial charge in [-0.2, -0.15) is 0 Å². The molecule has 0 N–H and O–H groups in total. The van der Waals surface area contributed by atoms with E-state index in [1.54, 1.807) is 11.8 Å². The monoisotopic (exact) mass is 577 g/mol. The van der Waals surface area contributed by atoms with Gasteiger partial charge in [0.25, 0.3) is 0 Å². The van der Waals surface area contributed by atoms with Gasteiger partial charge in [0.05, 0.1) is 0 Å². The second kappa shape index (κ2) is 11.5. The lowest BCUT2D eigenvalue weighted by Gasteiger charge is -2.09. The highest BCUT2D eigenvalue weighted by atomic mass is 127. The first-order valence-corrected chi connectivity index (χ1v) is 13.5. The average Bonchev–Trinajstić information content (AvgIpc) is 2.87. The van der Waals surface area contributed by atoms with Crippen molar-refractivity contribution in [1.29, 1.82) is 0 Å². The molecule has 0 radical (unpaired) electrons. The van der Waals surface area contributed by atoms with E-state index >= 15 is 0 Å². The summed E-state index contributed by atoms with van der Waals surface area (Å²) in [4.78, 5) is 17.6. The summed E-state index contributed by atoms with van der Waals surface area (Å²) in [6, 6.07) is 36.6. The van der Waals surface area contributed by atoms with Gasteiger partial charge in [-0.15, -0.1) is 0 Å². The van der Waals surface area contributed by atoms with E-state index in [0.29, 0.717) is 11.1 Å². The lowest BCUT2D eigenvalue weighted by atomic mass is 10.0. The number of ketones is 1. The fourth-order valence-corrected chi connectivity index (χ4v) is 7.68. The Balaban J connectivity index is 1.60. The van der Waals surface area contributed by atoms with Crippen LogP contribution in [0.25, 0.3) is 0 Å². The van der Waals surface area contributed by atoms with Gasteiger partial charge in [-0.3, -0.25) is 4.79 Å². The van der Waals surface area contributed by atoms with Gasteiger partial charge in [-0.1, -0.05) is 72.9 Å². The Kier molecular flexibility index (Phi) is 8.26. The van der Waals surface area contributed by atoms with Crippen molar-refractivity contribution in [3.05, 3.63) is 142 Å². The molecular formula is C29H22IOS2+. The molecule has 4 rings (SSSR count). The summed E-state index contributed by atoms with van der Waals surface area (Å²) in [5.41, 5.74) is 1.41. The SMILES string of the molecule is C=C/C=C(\I)[S+](c1ccc(Sc2ccccc2)cc1)c1ccc(C(=O)c2ccccc2)cc1. The zero-order valence-corrected chi connectivity index (χ0v) is 21.6. The Hall–Kier alpha value is -2.54. The summed E-state index contributed by atoms with van der Waals surface area (Å²) in [5.74, 6) is 0.0423. The summed E-state index contributed by atoms with van der Waals surface area (Å²) >= 11 is 4.16. The van der Waals surface area contributed by atoms with Gasteiger partial charge in [0, 0.05) is 43.5 Å². The highest BCUT2D eigenvalue weighted by Crippen LogP contribution is 2.36. The maximum absolute atomic E-state index is 12.8. The third-order valence-electron chi connectivity index (χ3n) is 4.87. The Morgan fingerprint density at radius 2 is 1.18 bits per heavy atom. The minimum atomic E-state index is -0.261. The van der Waals surface area contributed by atoms with Crippen LogP contribution in [0.2, 0.25) is 0 Å². The fourth-order valence-electron chi connectivity index (χ4n) is 3.29. The van der Waals surface area contributed by atoms with Crippen molar-refractivity contribution < 1.29 is 4.79 Å². The van der Waals surface area contributed by atoms with Crippen molar-refractivity contribution in [2.45, 2.75) is 19.6 Å². The molecule has 0 aliphatic carbocycles. The van der Waals surface area contributed by atoms with Gasteiger partial charge in [0.2, 0.25) is 2.91 Å². The first kappa shape index (κ1) is 23.6. The number of allylic oxidation sites excluding steroid dienone is 2. The molecule has 4 heteroatoms. The minimum absolute atomic E-state index is 0.0423. The summed E-state index contributed by atoms with van der Waals surface area (Å²) in [6.45, 7) is 3.88. The van der Waals surface area contributed by atoms with Gasteiger partial charge < -0.3 is 0 Å². The third-order valence-corrected chi connectivity index (χ3v) is 9.58. The van der Waals surface area contributed by atoms with Crippen LogP contribution >= 0.6 is 34.4 Å². The molecule has 0 fully saturated rings. The maximum Gasteiger partial charge on any atom is 0.202 e. The van der Waals surface area contributed by atoms with Gasteiger partial charge in [-0.25, -0.2) is 0 Å². The molecule has 33 heavy (non-hydrogen) atoms. The summed E-state index contributed by atoms with van der Waals surface area (Å²) in [5, 5.41) is 0. The Morgan fingerprint density at radius 3 is 1.76 bits per heavy atom. The molecule has 4 aromatic rings. The van der Waals surface area contributed by atoms with E-state index in [9.17, 15) is 4.79 Å². The van der Waals surface area contributed by atoms with Crippen LogP contribution in [0.3, 0.4) is 0 Å². The normalized spacial score (nSPS) is 12.2. The maximum atomic E-state index is 12.8. The van der Waals surface area contributed by atoms with Crippen LogP contribution in [-0.4, -0.2) is 5.78 Å². The summed E-state index contributed by atoms with van der Waals surface area (Å²) in [7, 11) is -0.261. The van der Waals surface area contributed by atoms with Gasteiger partial charge in [0.15, 0.2) is 15.6 Å². The standard InChI is InChI=1S/C29H22IOS2/c1-2-9-28(30)33(27-20-16-25(17-21-27)32-24-12-7-4-8-13-24)26-18-14-23(15-19-26)29(31)22-10-5-3-6-11-22/h2-21H,1H2/q+1/b28-9+. The second-order valence-electron chi connectivity index (χ2n) is 7.12. The smallest absolute Gasteiger partial charge is 0.202 e. The van der Waals surface area contributed by atoms with Crippen molar-refractivity contribution >= 4 is 51.0 Å². The lowest BCUT2D eigenvalue weighted by Crippen LogP contribution is -2.05. The van der Waals surface area contributed by atoms with Crippen molar-refractivity contribution in [2.24, 2.45) is 0 Å². The molecule has 0 aromatic heterocycles.